The number of hydrogen-bond acceptors (Lipinski definition) is 5. The zero-order valence-electron chi connectivity index (χ0n) is 11.3. The van der Waals surface area contributed by atoms with Crippen LogP contribution in [0.3, 0.4) is 0 Å². The molecular weight excluding hydrogens is 280 g/mol. The van der Waals surface area contributed by atoms with E-state index in [4.69, 9.17) is 5.73 Å². The van der Waals surface area contributed by atoms with Crippen molar-refractivity contribution in [3.63, 3.8) is 0 Å². The fourth-order valence-corrected chi connectivity index (χ4v) is 4.02. The van der Waals surface area contributed by atoms with Gasteiger partial charge < -0.3 is 10.5 Å². The van der Waals surface area contributed by atoms with Crippen molar-refractivity contribution in [3.05, 3.63) is 29.8 Å². The molecule has 0 amide bonds. The van der Waals surface area contributed by atoms with Crippen molar-refractivity contribution in [2.75, 3.05) is 20.2 Å². The minimum Gasteiger partial charge on any atom is -0.465 e. The molecule has 1 aliphatic heterocycles. The Hall–Kier alpha value is -1.44. The first-order valence-electron chi connectivity index (χ1n) is 6.40. The van der Waals surface area contributed by atoms with E-state index >= 15 is 0 Å². The molecule has 110 valence electrons. The van der Waals surface area contributed by atoms with Gasteiger partial charge in [0, 0.05) is 19.1 Å². The number of benzene rings is 1. The Balaban J connectivity index is 2.41. The van der Waals surface area contributed by atoms with Crippen LogP contribution in [0.2, 0.25) is 0 Å². The van der Waals surface area contributed by atoms with Gasteiger partial charge in [-0.3, -0.25) is 0 Å². The van der Waals surface area contributed by atoms with Crippen molar-refractivity contribution >= 4 is 16.0 Å². The summed E-state index contributed by atoms with van der Waals surface area (Å²) in [6, 6.07) is 5.89. The van der Waals surface area contributed by atoms with E-state index in [1.54, 1.807) is 12.1 Å². The number of nitrogens with zero attached hydrogens (tertiary/aromatic N) is 1. The summed E-state index contributed by atoms with van der Waals surface area (Å²) >= 11 is 0. The summed E-state index contributed by atoms with van der Waals surface area (Å²) in [6.45, 7) is 0.698. The number of esters is 1. The van der Waals surface area contributed by atoms with Crippen LogP contribution in [0.15, 0.2) is 29.2 Å². The highest BCUT2D eigenvalue weighted by Crippen LogP contribution is 2.23. The van der Waals surface area contributed by atoms with Gasteiger partial charge in [0.1, 0.15) is 0 Å². The Morgan fingerprint density at radius 3 is 2.75 bits per heavy atom. The third-order valence-corrected chi connectivity index (χ3v) is 5.25. The fourth-order valence-electron chi connectivity index (χ4n) is 2.30. The maximum Gasteiger partial charge on any atom is 0.339 e. The first kappa shape index (κ1) is 15.0. The van der Waals surface area contributed by atoms with E-state index in [1.807, 2.05) is 0 Å². The van der Waals surface area contributed by atoms with Gasteiger partial charge in [0.15, 0.2) is 0 Å². The Morgan fingerprint density at radius 2 is 2.10 bits per heavy atom. The number of rotatable bonds is 3. The lowest BCUT2D eigenvalue weighted by Gasteiger charge is -2.30. The fraction of sp³-hybridized carbons (Fsp3) is 0.462. The van der Waals surface area contributed by atoms with Gasteiger partial charge in [-0.05, 0) is 25.0 Å². The number of sulfonamides is 1. The Labute approximate surface area is 118 Å². The average Bonchev–Trinajstić information content (AvgIpc) is 2.46. The van der Waals surface area contributed by atoms with Crippen molar-refractivity contribution in [1.82, 2.24) is 4.31 Å². The lowest BCUT2D eigenvalue weighted by molar-refractivity contribution is 0.0596. The predicted molar refractivity (Wildman–Crippen MR) is 73.7 cm³/mol. The average molecular weight is 298 g/mol. The molecule has 0 aromatic heterocycles. The molecule has 1 aliphatic rings. The van der Waals surface area contributed by atoms with Gasteiger partial charge in [0.2, 0.25) is 10.0 Å². The quantitative estimate of drug-likeness (QED) is 0.825. The number of ether oxygens (including phenoxy) is 1. The van der Waals surface area contributed by atoms with E-state index in [-0.39, 0.29) is 23.0 Å². The van der Waals surface area contributed by atoms with E-state index in [0.717, 1.165) is 12.8 Å². The van der Waals surface area contributed by atoms with Crippen molar-refractivity contribution in [3.8, 4) is 0 Å². The van der Waals surface area contributed by atoms with Crippen LogP contribution < -0.4 is 5.73 Å². The van der Waals surface area contributed by atoms with Crippen molar-refractivity contribution in [2.24, 2.45) is 5.73 Å². The highest BCUT2D eigenvalue weighted by atomic mass is 32.2. The first-order valence-corrected chi connectivity index (χ1v) is 7.84. The summed E-state index contributed by atoms with van der Waals surface area (Å²) < 4.78 is 31.2. The molecule has 1 saturated heterocycles. The molecule has 7 heteroatoms. The second-order valence-corrected chi connectivity index (χ2v) is 6.66. The van der Waals surface area contributed by atoms with Gasteiger partial charge in [-0.2, -0.15) is 4.31 Å². The number of methoxy groups -OCH3 is 1. The number of carbonyl (C=O) groups is 1. The van der Waals surface area contributed by atoms with Gasteiger partial charge in [-0.1, -0.05) is 12.1 Å². The number of nitrogens with two attached hydrogens (primary N) is 1. The number of hydrogen-bond donors (Lipinski definition) is 1. The van der Waals surface area contributed by atoms with Crippen LogP contribution in [0.1, 0.15) is 23.2 Å². The molecule has 0 spiro atoms. The van der Waals surface area contributed by atoms with E-state index in [9.17, 15) is 13.2 Å². The zero-order valence-corrected chi connectivity index (χ0v) is 12.1. The molecule has 2 N–H and O–H groups in total. The van der Waals surface area contributed by atoms with Crippen molar-refractivity contribution in [2.45, 2.75) is 23.8 Å². The second kappa shape index (κ2) is 5.90. The Kier molecular flexibility index (Phi) is 4.42. The minimum atomic E-state index is -3.73. The molecule has 1 heterocycles. The molecule has 1 aromatic carbocycles. The third kappa shape index (κ3) is 2.84. The van der Waals surface area contributed by atoms with Crippen LogP contribution in [0.5, 0.6) is 0 Å². The molecule has 0 saturated carbocycles. The van der Waals surface area contributed by atoms with Gasteiger partial charge in [-0.15, -0.1) is 0 Å². The molecule has 1 fully saturated rings. The van der Waals surface area contributed by atoms with Gasteiger partial charge in [0.25, 0.3) is 0 Å². The number of piperidine rings is 1. The first-order chi connectivity index (χ1) is 9.46. The lowest BCUT2D eigenvalue weighted by atomic mass is 10.1. The topological polar surface area (TPSA) is 89.7 Å². The SMILES string of the molecule is COC(=O)c1ccccc1S(=O)(=O)N1CCC[C@@H](N)C1. The van der Waals surface area contributed by atoms with E-state index in [1.165, 1.54) is 23.5 Å². The summed E-state index contributed by atoms with van der Waals surface area (Å²) in [7, 11) is -2.50. The Morgan fingerprint density at radius 1 is 1.40 bits per heavy atom. The standard InChI is InChI=1S/C13H18N2O4S/c1-19-13(16)11-6-2-3-7-12(11)20(17,18)15-8-4-5-10(14)9-15/h2-3,6-7,10H,4-5,8-9,14H2,1H3/t10-/m1/s1. The Bertz CT molecular complexity index is 600. The van der Waals surface area contributed by atoms with E-state index in [2.05, 4.69) is 4.74 Å². The molecule has 1 aromatic rings. The molecule has 1 atom stereocenters. The minimum absolute atomic E-state index is 0.0269. The molecule has 0 radical (unpaired) electrons. The molecule has 0 unspecified atom stereocenters. The summed E-state index contributed by atoms with van der Waals surface area (Å²) in [4.78, 5) is 11.7. The van der Waals surface area contributed by atoms with Crippen LogP contribution in [0.4, 0.5) is 0 Å². The normalized spacial score (nSPS) is 20.6. The van der Waals surface area contributed by atoms with Crippen LogP contribution >= 0.6 is 0 Å². The molecular formula is C13H18N2O4S. The van der Waals surface area contributed by atoms with E-state index in [0.29, 0.717) is 6.54 Å². The molecule has 0 bridgehead atoms. The summed E-state index contributed by atoms with van der Waals surface area (Å²) in [5, 5.41) is 0. The van der Waals surface area contributed by atoms with Gasteiger partial charge in [0.05, 0.1) is 17.6 Å². The molecule has 2 rings (SSSR count). The number of carbonyl (C=O) groups excluding carboxylic acids is 1. The smallest absolute Gasteiger partial charge is 0.339 e. The molecule has 0 aliphatic carbocycles. The highest BCUT2D eigenvalue weighted by molar-refractivity contribution is 7.89. The van der Waals surface area contributed by atoms with Gasteiger partial charge >= 0.3 is 5.97 Å². The maximum absolute atomic E-state index is 12.6. The zero-order chi connectivity index (χ0) is 14.8. The van der Waals surface area contributed by atoms with Crippen LogP contribution in [-0.2, 0) is 14.8 Å². The van der Waals surface area contributed by atoms with Crippen LogP contribution in [-0.4, -0.2) is 44.9 Å². The molecule has 6 nitrogen and oxygen atoms in total. The second-order valence-electron chi connectivity index (χ2n) is 4.75. The van der Waals surface area contributed by atoms with E-state index < -0.39 is 16.0 Å². The van der Waals surface area contributed by atoms with Crippen LogP contribution in [0.25, 0.3) is 0 Å². The predicted octanol–water partition coefficient (Wildman–Crippen LogP) is 0.585. The van der Waals surface area contributed by atoms with Crippen molar-refractivity contribution < 1.29 is 17.9 Å². The summed E-state index contributed by atoms with van der Waals surface area (Å²) in [5.74, 6) is -0.662. The van der Waals surface area contributed by atoms with Gasteiger partial charge in [-0.25, -0.2) is 13.2 Å². The summed E-state index contributed by atoms with van der Waals surface area (Å²) in [6.07, 6.45) is 1.53. The monoisotopic (exact) mass is 298 g/mol. The summed E-state index contributed by atoms with van der Waals surface area (Å²) in [5.41, 5.74) is 5.88. The van der Waals surface area contributed by atoms with Crippen molar-refractivity contribution in [1.29, 1.82) is 0 Å². The lowest BCUT2D eigenvalue weighted by Crippen LogP contribution is -2.45. The largest absolute Gasteiger partial charge is 0.465 e. The van der Waals surface area contributed by atoms with Crippen LogP contribution in [0, 0.1) is 0 Å². The third-order valence-electron chi connectivity index (χ3n) is 3.33. The highest BCUT2D eigenvalue weighted by Gasteiger charge is 2.31. The molecule has 20 heavy (non-hydrogen) atoms. The maximum atomic E-state index is 12.6.